The second-order valence-electron chi connectivity index (χ2n) is 5.99. The molecule has 1 fully saturated rings. The van der Waals surface area contributed by atoms with Gasteiger partial charge >= 0.3 is 0 Å². The Morgan fingerprint density at radius 1 is 1.32 bits per heavy atom. The summed E-state index contributed by atoms with van der Waals surface area (Å²) in [7, 11) is 0. The number of nitrogens with zero attached hydrogens (tertiary/aromatic N) is 5. The van der Waals surface area contributed by atoms with E-state index < -0.39 is 5.91 Å². The number of rotatable bonds is 4. The van der Waals surface area contributed by atoms with Crippen LogP contribution in [0.4, 0.5) is 11.5 Å². The molecule has 126 valence electrons. The van der Waals surface area contributed by atoms with Crippen LogP contribution in [0.1, 0.15) is 47.8 Å². The second kappa shape index (κ2) is 7.02. The number of primary amides is 1. The maximum Gasteiger partial charge on any atom is 0.254 e. The van der Waals surface area contributed by atoms with Crippen LogP contribution in [0.5, 0.6) is 0 Å². The fraction of sp³-hybridized carbons (Fsp3) is 0.353. The lowest BCUT2D eigenvalue weighted by Crippen LogP contribution is -2.22. The minimum atomic E-state index is -0.598. The number of hydrogen-bond donors (Lipinski definition) is 2. The third-order valence-electron chi connectivity index (χ3n) is 4.37. The molecule has 0 radical (unpaired) electrons. The van der Waals surface area contributed by atoms with Crippen LogP contribution in [0.25, 0.3) is 0 Å². The summed E-state index contributed by atoms with van der Waals surface area (Å²) in [5.41, 5.74) is 6.61. The lowest BCUT2D eigenvalue weighted by molar-refractivity contribution is 0.100. The lowest BCUT2D eigenvalue weighted by atomic mass is 9.85. The summed E-state index contributed by atoms with van der Waals surface area (Å²) in [5.74, 6) is -0.403. The molecule has 2 atom stereocenters. The number of hydrogen-bond acceptors (Lipinski definition) is 6. The quantitative estimate of drug-likeness (QED) is 0.880. The van der Waals surface area contributed by atoms with Gasteiger partial charge in [-0.3, -0.25) is 9.48 Å². The van der Waals surface area contributed by atoms with Crippen molar-refractivity contribution >= 4 is 17.4 Å². The average molecular weight is 335 g/mol. The summed E-state index contributed by atoms with van der Waals surface area (Å²) in [5, 5.41) is 25.6. The molecule has 0 aromatic carbocycles. The molecule has 1 saturated carbocycles. The Kier molecular flexibility index (Phi) is 4.62. The zero-order valence-electron chi connectivity index (χ0n) is 13.5. The third kappa shape index (κ3) is 3.43. The van der Waals surface area contributed by atoms with E-state index in [1.165, 1.54) is 6.20 Å². The minimum Gasteiger partial charge on any atom is -0.365 e. The molecule has 8 heteroatoms. The number of nitrogens with one attached hydrogen (secondary N) is 1. The highest BCUT2D eigenvalue weighted by Crippen LogP contribution is 2.34. The topological polar surface area (TPSA) is 133 Å². The van der Waals surface area contributed by atoms with Gasteiger partial charge in [0, 0.05) is 6.20 Å². The van der Waals surface area contributed by atoms with Crippen LogP contribution in [-0.4, -0.2) is 20.7 Å². The molecule has 2 aromatic heterocycles. The average Bonchev–Trinajstić information content (AvgIpc) is 3.06. The van der Waals surface area contributed by atoms with Crippen LogP contribution in [0.15, 0.2) is 24.5 Å². The van der Waals surface area contributed by atoms with Gasteiger partial charge in [-0.1, -0.05) is 12.8 Å². The molecule has 0 saturated heterocycles. The first kappa shape index (κ1) is 16.5. The molecule has 0 spiro atoms. The van der Waals surface area contributed by atoms with Gasteiger partial charge in [-0.15, -0.1) is 0 Å². The molecule has 3 rings (SSSR count). The van der Waals surface area contributed by atoms with E-state index in [2.05, 4.69) is 21.5 Å². The van der Waals surface area contributed by atoms with Crippen LogP contribution in [-0.2, 0) is 0 Å². The number of nitriles is 2. The number of carbonyl (C=O) groups excluding carboxylic acids is 1. The van der Waals surface area contributed by atoms with Crippen molar-refractivity contribution < 1.29 is 4.79 Å². The molecule has 1 aliphatic carbocycles. The molecule has 2 heterocycles. The van der Waals surface area contributed by atoms with Crippen molar-refractivity contribution in [3.63, 3.8) is 0 Å². The zero-order valence-corrected chi connectivity index (χ0v) is 13.5. The summed E-state index contributed by atoms with van der Waals surface area (Å²) in [6, 6.07) is 7.45. The van der Waals surface area contributed by atoms with Gasteiger partial charge in [-0.2, -0.15) is 15.6 Å². The summed E-state index contributed by atoms with van der Waals surface area (Å²) >= 11 is 0. The largest absolute Gasteiger partial charge is 0.365 e. The van der Waals surface area contributed by atoms with Crippen LogP contribution in [0, 0.1) is 28.6 Å². The van der Waals surface area contributed by atoms with E-state index in [0.29, 0.717) is 17.2 Å². The van der Waals surface area contributed by atoms with E-state index in [4.69, 9.17) is 11.0 Å². The number of nitrogens with two attached hydrogens (primary N) is 1. The van der Waals surface area contributed by atoms with Crippen molar-refractivity contribution in [1.82, 2.24) is 14.8 Å². The van der Waals surface area contributed by atoms with Gasteiger partial charge in [-0.05, 0) is 25.0 Å². The first-order chi connectivity index (χ1) is 12.1. The fourth-order valence-electron chi connectivity index (χ4n) is 3.08. The molecule has 2 unspecified atom stereocenters. The highest BCUT2D eigenvalue weighted by molar-refractivity contribution is 5.98. The van der Waals surface area contributed by atoms with E-state index in [9.17, 15) is 10.1 Å². The standard InChI is InChI=1S/C17H17N7O/c18-7-11-3-1-2-4-15(11)24-10-14(16(20)25)17(23-24)22-13-6-5-12(8-19)21-9-13/h5-6,9-11,15H,1-4H2,(H2,20,25)(H,22,23). The number of pyridine rings is 1. The number of amides is 1. The van der Waals surface area contributed by atoms with E-state index >= 15 is 0 Å². The number of anilines is 2. The number of aromatic nitrogens is 3. The summed E-state index contributed by atoms with van der Waals surface area (Å²) in [6.45, 7) is 0. The molecule has 25 heavy (non-hydrogen) atoms. The molecule has 3 N–H and O–H groups in total. The normalized spacial score (nSPS) is 19.6. The summed E-state index contributed by atoms with van der Waals surface area (Å²) in [6.07, 6.45) is 6.81. The van der Waals surface area contributed by atoms with Crippen LogP contribution >= 0.6 is 0 Å². The zero-order chi connectivity index (χ0) is 17.8. The minimum absolute atomic E-state index is 0.0634. The van der Waals surface area contributed by atoms with Gasteiger partial charge in [-0.25, -0.2) is 4.98 Å². The predicted octanol–water partition coefficient (Wildman–Crippen LogP) is 2.25. The van der Waals surface area contributed by atoms with Crippen molar-refractivity contribution in [2.24, 2.45) is 11.7 Å². The molecular weight excluding hydrogens is 318 g/mol. The Morgan fingerprint density at radius 3 is 2.76 bits per heavy atom. The molecular formula is C17H17N7O. The van der Waals surface area contributed by atoms with Crippen molar-refractivity contribution in [2.75, 3.05) is 5.32 Å². The molecule has 1 amide bonds. The SMILES string of the molecule is N#Cc1ccc(Nc2nn(C3CCCCC3C#N)cc2C(N)=O)cn1. The van der Waals surface area contributed by atoms with Gasteiger partial charge in [0.25, 0.3) is 5.91 Å². The first-order valence-corrected chi connectivity index (χ1v) is 8.04. The highest BCUT2D eigenvalue weighted by atomic mass is 16.1. The summed E-state index contributed by atoms with van der Waals surface area (Å²) in [4.78, 5) is 15.7. The molecule has 0 bridgehead atoms. The van der Waals surface area contributed by atoms with Crippen molar-refractivity contribution in [3.05, 3.63) is 35.8 Å². The Morgan fingerprint density at radius 2 is 2.12 bits per heavy atom. The lowest BCUT2D eigenvalue weighted by Gasteiger charge is -2.26. The number of carbonyl (C=O) groups is 1. The van der Waals surface area contributed by atoms with Gasteiger partial charge in [0.05, 0.1) is 29.9 Å². The Hall–Kier alpha value is -3.39. The Labute approximate surface area is 144 Å². The highest BCUT2D eigenvalue weighted by Gasteiger charge is 2.28. The maximum absolute atomic E-state index is 11.8. The maximum atomic E-state index is 11.8. The first-order valence-electron chi connectivity index (χ1n) is 8.04. The predicted molar refractivity (Wildman–Crippen MR) is 89.6 cm³/mol. The van der Waals surface area contributed by atoms with E-state index in [1.54, 1.807) is 23.0 Å². The van der Waals surface area contributed by atoms with E-state index in [1.807, 2.05) is 6.07 Å². The Balaban J connectivity index is 1.90. The van der Waals surface area contributed by atoms with E-state index in [0.717, 1.165) is 25.7 Å². The monoisotopic (exact) mass is 335 g/mol. The van der Waals surface area contributed by atoms with Crippen LogP contribution in [0.3, 0.4) is 0 Å². The van der Waals surface area contributed by atoms with Gasteiger partial charge in [0.2, 0.25) is 0 Å². The molecule has 2 aromatic rings. The molecule has 8 nitrogen and oxygen atoms in total. The third-order valence-corrected chi connectivity index (χ3v) is 4.37. The van der Waals surface area contributed by atoms with Crippen LogP contribution in [0.2, 0.25) is 0 Å². The van der Waals surface area contributed by atoms with Gasteiger partial charge in [0.15, 0.2) is 5.82 Å². The van der Waals surface area contributed by atoms with E-state index in [-0.39, 0.29) is 17.5 Å². The molecule has 0 aliphatic heterocycles. The second-order valence-corrected chi connectivity index (χ2v) is 5.99. The fourth-order valence-corrected chi connectivity index (χ4v) is 3.08. The summed E-state index contributed by atoms with van der Waals surface area (Å²) < 4.78 is 1.67. The molecule has 1 aliphatic rings. The smallest absolute Gasteiger partial charge is 0.254 e. The van der Waals surface area contributed by atoms with Crippen molar-refractivity contribution in [2.45, 2.75) is 31.7 Å². The van der Waals surface area contributed by atoms with Crippen LogP contribution < -0.4 is 11.1 Å². The van der Waals surface area contributed by atoms with Gasteiger partial charge < -0.3 is 11.1 Å². The van der Waals surface area contributed by atoms with Gasteiger partial charge in [0.1, 0.15) is 17.3 Å². The Bertz CT molecular complexity index is 857. The van der Waals surface area contributed by atoms with Crippen molar-refractivity contribution in [3.8, 4) is 12.1 Å². The van der Waals surface area contributed by atoms with Crippen molar-refractivity contribution in [1.29, 1.82) is 10.5 Å².